The third kappa shape index (κ3) is 6.04. The van der Waals surface area contributed by atoms with E-state index in [1.165, 1.54) is 0 Å². The highest BCUT2D eigenvalue weighted by Crippen LogP contribution is 2.26. The molecular formula is C24H36N6O3. The van der Waals surface area contributed by atoms with Gasteiger partial charge in [-0.1, -0.05) is 12.8 Å². The average Bonchev–Trinajstić information content (AvgIpc) is 3.25. The minimum Gasteiger partial charge on any atom is -0.492 e. The zero-order valence-corrected chi connectivity index (χ0v) is 19.4. The van der Waals surface area contributed by atoms with E-state index in [1.807, 2.05) is 24.3 Å². The summed E-state index contributed by atoms with van der Waals surface area (Å²) in [6.45, 7) is 5.99. The molecule has 2 atom stereocenters. The van der Waals surface area contributed by atoms with E-state index < -0.39 is 0 Å². The third-order valence-electron chi connectivity index (χ3n) is 6.81. The van der Waals surface area contributed by atoms with Gasteiger partial charge in [0.15, 0.2) is 0 Å². The van der Waals surface area contributed by atoms with Crippen LogP contribution in [0.3, 0.4) is 0 Å². The molecule has 0 spiro atoms. The molecule has 4 rings (SSSR count). The Morgan fingerprint density at radius 3 is 2.73 bits per heavy atom. The van der Waals surface area contributed by atoms with E-state index in [2.05, 4.69) is 32.5 Å². The van der Waals surface area contributed by atoms with Crippen LogP contribution in [-0.2, 0) is 4.79 Å². The van der Waals surface area contributed by atoms with Crippen molar-refractivity contribution in [1.82, 2.24) is 25.4 Å². The Morgan fingerprint density at radius 2 is 1.94 bits per heavy atom. The highest BCUT2D eigenvalue weighted by Gasteiger charge is 2.32. The quantitative estimate of drug-likeness (QED) is 0.443. The Balaban J connectivity index is 1.34. The van der Waals surface area contributed by atoms with E-state index >= 15 is 0 Å². The number of fused-ring (bicyclic) bond motifs is 1. The van der Waals surface area contributed by atoms with Gasteiger partial charge in [0.05, 0.1) is 12.6 Å². The molecule has 5 N–H and O–H groups in total. The summed E-state index contributed by atoms with van der Waals surface area (Å²) >= 11 is 0. The van der Waals surface area contributed by atoms with Gasteiger partial charge in [0, 0.05) is 55.7 Å². The van der Waals surface area contributed by atoms with Crippen molar-refractivity contribution >= 4 is 22.7 Å². The summed E-state index contributed by atoms with van der Waals surface area (Å²) in [5, 5.41) is 6.70. The molecule has 2 amide bonds. The van der Waals surface area contributed by atoms with Crippen LogP contribution in [0.2, 0.25) is 0 Å². The standard InChI is InChI=1S/C24H36N6O3/c1-29-8-10-30(11-9-29)12-13-33-18-7-6-17-14-22(27-21(17)15-18)24(32)28-20-5-3-2-4-19(20)23(31)26-16-25/h6-7,14-15,19-20,27H,2-5,8-13,16,25H2,1H3,(H,26,31)(H,28,32)/t19-,20+/m1/s1. The lowest BCUT2D eigenvalue weighted by molar-refractivity contribution is -0.126. The monoisotopic (exact) mass is 456 g/mol. The minimum absolute atomic E-state index is 0.0856. The van der Waals surface area contributed by atoms with Crippen LogP contribution in [0.25, 0.3) is 10.9 Å². The van der Waals surface area contributed by atoms with Gasteiger partial charge < -0.3 is 31.0 Å². The molecule has 0 radical (unpaired) electrons. The van der Waals surface area contributed by atoms with E-state index in [0.717, 1.165) is 75.1 Å². The first-order valence-electron chi connectivity index (χ1n) is 12.0. The summed E-state index contributed by atoms with van der Waals surface area (Å²) in [5.74, 6) is 0.269. The highest BCUT2D eigenvalue weighted by atomic mass is 16.5. The lowest BCUT2D eigenvalue weighted by atomic mass is 9.83. The van der Waals surface area contributed by atoms with Crippen LogP contribution in [0.1, 0.15) is 36.2 Å². The van der Waals surface area contributed by atoms with Gasteiger partial charge in [0.25, 0.3) is 5.91 Å². The van der Waals surface area contributed by atoms with Gasteiger partial charge in [-0.2, -0.15) is 0 Å². The van der Waals surface area contributed by atoms with E-state index in [1.54, 1.807) is 0 Å². The third-order valence-corrected chi connectivity index (χ3v) is 6.81. The first-order valence-corrected chi connectivity index (χ1v) is 12.0. The van der Waals surface area contributed by atoms with Gasteiger partial charge in [0.1, 0.15) is 18.1 Å². The summed E-state index contributed by atoms with van der Waals surface area (Å²) in [6, 6.07) is 7.50. The number of hydrogen-bond acceptors (Lipinski definition) is 6. The number of aromatic nitrogens is 1. The van der Waals surface area contributed by atoms with E-state index in [4.69, 9.17) is 10.5 Å². The number of rotatable bonds is 8. The van der Waals surface area contributed by atoms with Crippen molar-refractivity contribution in [2.45, 2.75) is 31.7 Å². The molecule has 0 bridgehead atoms. The number of amides is 2. The zero-order valence-electron chi connectivity index (χ0n) is 19.4. The maximum absolute atomic E-state index is 12.9. The van der Waals surface area contributed by atoms with Gasteiger partial charge in [-0.15, -0.1) is 0 Å². The van der Waals surface area contributed by atoms with Crippen LogP contribution < -0.4 is 21.1 Å². The predicted octanol–water partition coefficient (Wildman–Crippen LogP) is 1.12. The molecule has 1 aliphatic heterocycles. The first kappa shape index (κ1) is 23.5. The number of nitrogens with two attached hydrogens (primary N) is 1. The Bertz CT molecular complexity index is 953. The summed E-state index contributed by atoms with van der Waals surface area (Å²) < 4.78 is 5.97. The molecule has 1 aromatic heterocycles. The number of ether oxygens (including phenoxy) is 1. The number of H-pyrrole nitrogens is 1. The Kier molecular flexibility index (Phi) is 7.85. The molecule has 2 aliphatic rings. The van der Waals surface area contributed by atoms with Gasteiger partial charge in [0.2, 0.25) is 5.91 Å². The second kappa shape index (κ2) is 11.0. The number of benzene rings is 1. The highest BCUT2D eigenvalue weighted by molar-refractivity contribution is 5.98. The second-order valence-electron chi connectivity index (χ2n) is 9.14. The molecule has 2 heterocycles. The summed E-state index contributed by atoms with van der Waals surface area (Å²) in [7, 11) is 2.15. The number of carbonyl (C=O) groups excluding carboxylic acids is 2. The van der Waals surface area contributed by atoms with E-state index in [9.17, 15) is 9.59 Å². The van der Waals surface area contributed by atoms with Crippen molar-refractivity contribution < 1.29 is 14.3 Å². The maximum Gasteiger partial charge on any atom is 0.267 e. The number of likely N-dealkylation sites (N-methyl/N-ethyl adjacent to an activating group) is 1. The Labute approximate surface area is 195 Å². The molecule has 9 nitrogen and oxygen atoms in total. The molecule has 1 saturated carbocycles. The molecule has 2 fully saturated rings. The number of carbonyl (C=O) groups is 2. The molecule has 1 aliphatic carbocycles. The summed E-state index contributed by atoms with van der Waals surface area (Å²) in [4.78, 5) is 33.2. The van der Waals surface area contributed by atoms with Crippen molar-refractivity contribution in [1.29, 1.82) is 0 Å². The SMILES string of the molecule is CN1CCN(CCOc2ccc3cc(C(=O)N[C@H]4CCCC[C@H]4C(=O)NCN)[nH]c3c2)CC1. The van der Waals surface area contributed by atoms with Gasteiger partial charge in [-0.05, 0) is 38.1 Å². The molecule has 2 aromatic rings. The normalized spacial score (nSPS) is 22.2. The zero-order chi connectivity index (χ0) is 23.2. The number of aromatic amines is 1. The molecule has 9 heteroatoms. The van der Waals surface area contributed by atoms with E-state index in [0.29, 0.717) is 12.3 Å². The topological polar surface area (TPSA) is 116 Å². The van der Waals surface area contributed by atoms with Gasteiger partial charge in [-0.25, -0.2) is 0 Å². The number of nitrogens with one attached hydrogen (secondary N) is 3. The maximum atomic E-state index is 12.9. The Hall–Kier alpha value is -2.62. The summed E-state index contributed by atoms with van der Waals surface area (Å²) in [6.07, 6.45) is 3.54. The van der Waals surface area contributed by atoms with Crippen LogP contribution in [0.15, 0.2) is 24.3 Å². The number of piperazine rings is 1. The molecule has 33 heavy (non-hydrogen) atoms. The average molecular weight is 457 g/mol. The van der Waals surface area contributed by atoms with Crippen LogP contribution in [-0.4, -0.2) is 85.7 Å². The van der Waals surface area contributed by atoms with Gasteiger partial charge >= 0.3 is 0 Å². The van der Waals surface area contributed by atoms with Crippen molar-refractivity contribution in [3.05, 3.63) is 30.0 Å². The van der Waals surface area contributed by atoms with Gasteiger partial charge in [-0.3, -0.25) is 14.5 Å². The van der Waals surface area contributed by atoms with Crippen LogP contribution in [0.4, 0.5) is 0 Å². The van der Waals surface area contributed by atoms with Crippen LogP contribution in [0.5, 0.6) is 5.75 Å². The van der Waals surface area contributed by atoms with Crippen LogP contribution >= 0.6 is 0 Å². The lowest BCUT2D eigenvalue weighted by Gasteiger charge is -2.32. The number of hydrogen-bond donors (Lipinski definition) is 4. The van der Waals surface area contributed by atoms with E-state index in [-0.39, 0.29) is 30.4 Å². The van der Waals surface area contributed by atoms with Crippen molar-refractivity contribution in [2.75, 3.05) is 53.0 Å². The Morgan fingerprint density at radius 1 is 1.15 bits per heavy atom. The number of nitrogens with zero attached hydrogens (tertiary/aromatic N) is 2. The minimum atomic E-state index is -0.240. The second-order valence-corrected chi connectivity index (χ2v) is 9.14. The molecule has 1 saturated heterocycles. The van der Waals surface area contributed by atoms with Crippen molar-refractivity contribution in [2.24, 2.45) is 11.7 Å². The smallest absolute Gasteiger partial charge is 0.267 e. The van der Waals surface area contributed by atoms with Crippen LogP contribution in [0, 0.1) is 5.92 Å². The fourth-order valence-electron chi connectivity index (χ4n) is 4.78. The fourth-order valence-corrected chi connectivity index (χ4v) is 4.78. The lowest BCUT2D eigenvalue weighted by Crippen LogP contribution is -2.49. The molecule has 1 aromatic carbocycles. The van der Waals surface area contributed by atoms with Crippen molar-refractivity contribution in [3.63, 3.8) is 0 Å². The summed E-state index contributed by atoms with van der Waals surface area (Å²) in [5.41, 5.74) is 6.81. The van der Waals surface area contributed by atoms with Crippen molar-refractivity contribution in [3.8, 4) is 5.75 Å². The largest absolute Gasteiger partial charge is 0.492 e. The first-order chi connectivity index (χ1) is 16.0. The molecule has 180 valence electrons. The predicted molar refractivity (Wildman–Crippen MR) is 128 cm³/mol. The molecule has 0 unspecified atom stereocenters. The molecular weight excluding hydrogens is 420 g/mol. The fraction of sp³-hybridized carbons (Fsp3) is 0.583.